The molecule has 0 aromatic heterocycles. The number of hydrogen-bond acceptors (Lipinski definition) is 9. The topological polar surface area (TPSA) is 171 Å². The lowest BCUT2D eigenvalue weighted by atomic mass is 10.4. The maximum absolute atomic E-state index is 8.17. The van der Waals surface area contributed by atoms with Crippen molar-refractivity contribution in [3.05, 3.63) is 0 Å². The molecule has 0 fully saturated rings. The third-order valence-electron chi connectivity index (χ3n) is 1.31. The molecule has 0 aliphatic carbocycles. The molecule has 0 aliphatic heterocycles. The first-order valence-corrected chi connectivity index (χ1v) is 5.62. The van der Waals surface area contributed by atoms with E-state index in [2.05, 4.69) is 4.74 Å². The standard InChI is InChI=1S/C4H10O3.2C3H8O3/c5-1-3-7-4-2-6;2*4-1-3(6)2-5/h5-6H,1-4H2;2*3-6H,1-2H2. The second kappa shape index (κ2) is 22.8. The van der Waals surface area contributed by atoms with Gasteiger partial charge in [-0.25, -0.2) is 0 Å². The number of hydrogen-bond donors (Lipinski definition) is 8. The molecule has 0 heterocycles. The van der Waals surface area contributed by atoms with Crippen LogP contribution < -0.4 is 0 Å². The maximum Gasteiger partial charge on any atom is 0.100 e. The molecule has 0 bridgehead atoms. The van der Waals surface area contributed by atoms with Crippen LogP contribution in [0.3, 0.4) is 0 Å². The van der Waals surface area contributed by atoms with Crippen LogP contribution in [0.5, 0.6) is 0 Å². The van der Waals surface area contributed by atoms with Gasteiger partial charge in [0.25, 0.3) is 0 Å². The predicted molar refractivity (Wildman–Crippen MR) is 65.3 cm³/mol. The van der Waals surface area contributed by atoms with E-state index in [9.17, 15) is 0 Å². The fourth-order valence-corrected chi connectivity index (χ4v) is 0.347. The van der Waals surface area contributed by atoms with Crippen molar-refractivity contribution in [1.29, 1.82) is 0 Å². The average molecular weight is 290 g/mol. The molecule has 9 heteroatoms. The summed E-state index contributed by atoms with van der Waals surface area (Å²) in [5.74, 6) is 0. The van der Waals surface area contributed by atoms with Crippen LogP contribution in [-0.2, 0) is 4.74 Å². The van der Waals surface area contributed by atoms with Gasteiger partial charge in [-0.2, -0.15) is 0 Å². The number of rotatable bonds is 8. The van der Waals surface area contributed by atoms with Gasteiger partial charge in [-0.1, -0.05) is 0 Å². The van der Waals surface area contributed by atoms with Gasteiger partial charge in [-0.05, 0) is 0 Å². The van der Waals surface area contributed by atoms with E-state index in [-0.39, 0.29) is 39.6 Å². The quantitative estimate of drug-likeness (QED) is 0.206. The molecule has 19 heavy (non-hydrogen) atoms. The van der Waals surface area contributed by atoms with E-state index in [1.807, 2.05) is 0 Å². The second-order valence-electron chi connectivity index (χ2n) is 3.10. The highest BCUT2D eigenvalue weighted by Crippen LogP contribution is 1.72. The van der Waals surface area contributed by atoms with Crippen LogP contribution in [0.4, 0.5) is 0 Å². The molecule has 0 aliphatic rings. The molecular formula is C10H26O9. The van der Waals surface area contributed by atoms with Crippen molar-refractivity contribution in [3.63, 3.8) is 0 Å². The molecule has 0 saturated heterocycles. The highest BCUT2D eigenvalue weighted by molar-refractivity contribution is 4.44. The summed E-state index contributed by atoms with van der Waals surface area (Å²) in [5, 5.41) is 64.2. The minimum absolute atomic E-state index is 0.0278. The van der Waals surface area contributed by atoms with Crippen molar-refractivity contribution in [2.75, 3.05) is 52.9 Å². The Kier molecular flexibility index (Phi) is 28.4. The Morgan fingerprint density at radius 3 is 0.947 bits per heavy atom. The fourth-order valence-electron chi connectivity index (χ4n) is 0.347. The molecule has 0 aromatic rings. The Bertz CT molecular complexity index is 114. The van der Waals surface area contributed by atoms with Gasteiger partial charge >= 0.3 is 0 Å². The van der Waals surface area contributed by atoms with E-state index in [1.165, 1.54) is 0 Å². The molecule has 0 unspecified atom stereocenters. The van der Waals surface area contributed by atoms with Gasteiger partial charge in [0.1, 0.15) is 12.2 Å². The van der Waals surface area contributed by atoms with Gasteiger partial charge in [-0.15, -0.1) is 0 Å². The first-order valence-electron chi connectivity index (χ1n) is 5.62. The average Bonchev–Trinajstić information content (AvgIpc) is 2.47. The highest BCUT2D eigenvalue weighted by atomic mass is 16.5. The summed E-state index contributed by atoms with van der Waals surface area (Å²) in [6.45, 7) is -0.763. The first kappa shape index (κ1) is 23.7. The molecule has 0 saturated carbocycles. The number of ether oxygens (including phenoxy) is 1. The van der Waals surface area contributed by atoms with Crippen LogP contribution in [0.1, 0.15) is 0 Å². The van der Waals surface area contributed by atoms with Crippen molar-refractivity contribution < 1.29 is 45.6 Å². The molecule has 120 valence electrons. The van der Waals surface area contributed by atoms with Gasteiger partial charge in [0, 0.05) is 0 Å². The van der Waals surface area contributed by atoms with Gasteiger partial charge in [0.05, 0.1) is 52.9 Å². The molecule has 0 spiro atoms. The fraction of sp³-hybridized carbons (Fsp3) is 1.00. The van der Waals surface area contributed by atoms with Crippen LogP contribution in [0.2, 0.25) is 0 Å². The Morgan fingerprint density at radius 2 is 0.842 bits per heavy atom. The van der Waals surface area contributed by atoms with Crippen molar-refractivity contribution in [2.24, 2.45) is 0 Å². The number of aliphatic hydroxyl groups is 8. The normalized spacial score (nSPS) is 9.79. The second-order valence-corrected chi connectivity index (χ2v) is 3.10. The van der Waals surface area contributed by atoms with Gasteiger partial charge in [-0.3, -0.25) is 0 Å². The zero-order chi connectivity index (χ0) is 15.5. The zero-order valence-corrected chi connectivity index (χ0v) is 10.8. The molecule has 0 aromatic carbocycles. The molecule has 9 nitrogen and oxygen atoms in total. The van der Waals surface area contributed by atoms with Crippen LogP contribution >= 0.6 is 0 Å². The van der Waals surface area contributed by atoms with E-state index < -0.39 is 12.2 Å². The van der Waals surface area contributed by atoms with Crippen LogP contribution in [0.15, 0.2) is 0 Å². The minimum atomic E-state index is -0.954. The Balaban J connectivity index is -0.000000203. The minimum Gasteiger partial charge on any atom is -0.394 e. The van der Waals surface area contributed by atoms with Crippen LogP contribution in [0.25, 0.3) is 0 Å². The van der Waals surface area contributed by atoms with Crippen LogP contribution in [0, 0.1) is 0 Å². The predicted octanol–water partition coefficient (Wildman–Crippen LogP) is -4.35. The van der Waals surface area contributed by atoms with Crippen molar-refractivity contribution in [1.82, 2.24) is 0 Å². The van der Waals surface area contributed by atoms with Gasteiger partial charge < -0.3 is 45.6 Å². The molecule has 8 N–H and O–H groups in total. The largest absolute Gasteiger partial charge is 0.394 e. The summed E-state index contributed by atoms with van der Waals surface area (Å²) < 4.78 is 4.63. The lowest BCUT2D eigenvalue weighted by Crippen LogP contribution is -2.15. The highest BCUT2D eigenvalue weighted by Gasteiger charge is 1.94. The molecule has 0 amide bonds. The molecule has 0 rings (SSSR count). The zero-order valence-electron chi connectivity index (χ0n) is 10.8. The summed E-state index contributed by atoms with van der Waals surface area (Å²) in [4.78, 5) is 0. The van der Waals surface area contributed by atoms with Gasteiger partial charge in [0.15, 0.2) is 0 Å². The van der Waals surface area contributed by atoms with Crippen molar-refractivity contribution in [2.45, 2.75) is 12.2 Å². The SMILES string of the molecule is OCC(O)CO.OCC(O)CO.OCCOCCO. The Hall–Kier alpha value is -0.360. The van der Waals surface area contributed by atoms with E-state index in [0.717, 1.165) is 0 Å². The summed E-state index contributed by atoms with van der Waals surface area (Å²) >= 11 is 0. The van der Waals surface area contributed by atoms with Crippen molar-refractivity contribution >= 4 is 0 Å². The first-order chi connectivity index (χ1) is 9.03. The van der Waals surface area contributed by atoms with E-state index in [0.29, 0.717) is 13.2 Å². The van der Waals surface area contributed by atoms with E-state index in [4.69, 9.17) is 40.9 Å². The summed E-state index contributed by atoms with van der Waals surface area (Å²) in [7, 11) is 0. The third-order valence-corrected chi connectivity index (χ3v) is 1.31. The van der Waals surface area contributed by atoms with Gasteiger partial charge in [0.2, 0.25) is 0 Å². The Labute approximate surface area is 112 Å². The maximum atomic E-state index is 8.17. The molecule has 0 radical (unpaired) electrons. The monoisotopic (exact) mass is 290 g/mol. The summed E-state index contributed by atoms with van der Waals surface area (Å²) in [6.07, 6.45) is -1.91. The summed E-state index contributed by atoms with van der Waals surface area (Å²) in [5.41, 5.74) is 0. The van der Waals surface area contributed by atoms with E-state index in [1.54, 1.807) is 0 Å². The smallest absolute Gasteiger partial charge is 0.100 e. The molecule has 0 atom stereocenters. The molecular weight excluding hydrogens is 264 g/mol. The Morgan fingerprint density at radius 1 is 0.579 bits per heavy atom. The van der Waals surface area contributed by atoms with Crippen molar-refractivity contribution in [3.8, 4) is 0 Å². The third kappa shape index (κ3) is 31.8. The number of aliphatic hydroxyl groups excluding tert-OH is 8. The van der Waals surface area contributed by atoms with Crippen LogP contribution in [-0.4, -0.2) is 106 Å². The lowest BCUT2D eigenvalue weighted by molar-refractivity contribution is 0.0450. The van der Waals surface area contributed by atoms with E-state index >= 15 is 0 Å². The lowest BCUT2D eigenvalue weighted by Gasteiger charge is -1.96. The summed E-state index contributed by atoms with van der Waals surface area (Å²) in [6, 6.07) is 0.